The van der Waals surface area contributed by atoms with Gasteiger partial charge in [-0.05, 0) is 20.8 Å². The minimum atomic E-state index is -0.272. The van der Waals surface area contributed by atoms with Crippen molar-refractivity contribution in [2.45, 2.75) is 33.2 Å². The van der Waals surface area contributed by atoms with Crippen molar-refractivity contribution in [2.75, 3.05) is 12.4 Å². The Morgan fingerprint density at radius 2 is 2.06 bits per heavy atom. The van der Waals surface area contributed by atoms with Crippen LogP contribution in [0.3, 0.4) is 0 Å². The molecule has 0 aliphatic heterocycles. The quantitative estimate of drug-likeness (QED) is 0.870. The first kappa shape index (κ1) is 12.8. The molecule has 0 aromatic carbocycles. The Morgan fingerprint density at radius 1 is 1.50 bits per heavy atom. The van der Waals surface area contributed by atoms with Gasteiger partial charge in [0, 0.05) is 6.92 Å². The van der Waals surface area contributed by atoms with E-state index in [2.05, 4.69) is 10.4 Å². The van der Waals surface area contributed by atoms with E-state index in [4.69, 9.17) is 16.3 Å². The molecular formula is C10H16ClN3O2. The minimum Gasteiger partial charge on any atom is -0.480 e. The van der Waals surface area contributed by atoms with E-state index in [0.717, 1.165) is 0 Å². The van der Waals surface area contributed by atoms with E-state index < -0.39 is 0 Å². The summed E-state index contributed by atoms with van der Waals surface area (Å²) < 4.78 is 6.87. The number of hydrogen-bond donors (Lipinski definition) is 1. The van der Waals surface area contributed by atoms with Gasteiger partial charge in [-0.25, -0.2) is 4.68 Å². The second kappa shape index (κ2) is 4.33. The third-order valence-corrected chi connectivity index (χ3v) is 2.19. The molecule has 1 heterocycles. The number of ether oxygens (including phenoxy) is 1. The highest BCUT2D eigenvalue weighted by Gasteiger charge is 2.25. The van der Waals surface area contributed by atoms with Crippen molar-refractivity contribution in [3.8, 4) is 5.88 Å². The predicted molar refractivity (Wildman–Crippen MR) is 63.1 cm³/mol. The van der Waals surface area contributed by atoms with Crippen LogP contribution in [-0.4, -0.2) is 22.8 Å². The molecule has 0 unspecified atom stereocenters. The first-order chi connectivity index (χ1) is 7.27. The lowest BCUT2D eigenvalue weighted by molar-refractivity contribution is -0.114. The highest BCUT2D eigenvalue weighted by molar-refractivity contribution is 6.32. The van der Waals surface area contributed by atoms with Crippen LogP contribution >= 0.6 is 11.6 Å². The van der Waals surface area contributed by atoms with Gasteiger partial charge in [-0.1, -0.05) is 11.6 Å². The molecule has 1 rings (SSSR count). The fraction of sp³-hybridized carbons (Fsp3) is 0.600. The van der Waals surface area contributed by atoms with Crippen LogP contribution in [0, 0.1) is 0 Å². The summed E-state index contributed by atoms with van der Waals surface area (Å²) in [6.07, 6.45) is 0. The molecule has 1 N–H and O–H groups in total. The summed E-state index contributed by atoms with van der Waals surface area (Å²) in [5, 5.41) is 6.98. The van der Waals surface area contributed by atoms with Crippen molar-refractivity contribution in [2.24, 2.45) is 0 Å². The van der Waals surface area contributed by atoms with Crippen LogP contribution in [0.15, 0.2) is 0 Å². The van der Waals surface area contributed by atoms with E-state index in [0.29, 0.717) is 11.6 Å². The number of anilines is 1. The first-order valence-electron chi connectivity index (χ1n) is 4.88. The lowest BCUT2D eigenvalue weighted by atomic mass is 10.1. The van der Waals surface area contributed by atoms with Gasteiger partial charge in [0.25, 0.3) is 0 Å². The van der Waals surface area contributed by atoms with Crippen molar-refractivity contribution < 1.29 is 9.53 Å². The van der Waals surface area contributed by atoms with Crippen molar-refractivity contribution in [1.82, 2.24) is 9.78 Å². The Balaban J connectivity index is 3.29. The van der Waals surface area contributed by atoms with E-state index in [1.807, 2.05) is 20.8 Å². The van der Waals surface area contributed by atoms with Crippen molar-refractivity contribution in [3.63, 3.8) is 0 Å². The Hall–Kier alpha value is -1.23. The number of methoxy groups -OCH3 is 1. The maximum absolute atomic E-state index is 11.0. The van der Waals surface area contributed by atoms with Gasteiger partial charge in [-0.15, -0.1) is 0 Å². The molecule has 0 saturated carbocycles. The zero-order valence-corrected chi connectivity index (χ0v) is 10.8. The summed E-state index contributed by atoms with van der Waals surface area (Å²) in [7, 11) is 1.51. The molecule has 0 bridgehead atoms. The normalized spacial score (nSPS) is 11.4. The molecular weight excluding hydrogens is 230 g/mol. The highest BCUT2D eigenvalue weighted by atomic mass is 35.5. The molecule has 6 heteroatoms. The predicted octanol–water partition coefficient (Wildman–Crippen LogP) is 2.26. The monoisotopic (exact) mass is 245 g/mol. The Kier molecular flexibility index (Phi) is 3.48. The van der Waals surface area contributed by atoms with Gasteiger partial charge in [0.05, 0.1) is 12.6 Å². The molecule has 0 fully saturated rings. The number of rotatable bonds is 2. The van der Waals surface area contributed by atoms with E-state index in [1.165, 1.54) is 14.0 Å². The maximum Gasteiger partial charge on any atom is 0.238 e. The molecule has 1 aromatic heterocycles. The summed E-state index contributed by atoms with van der Waals surface area (Å²) >= 11 is 5.95. The molecule has 0 aliphatic rings. The SMILES string of the molecule is COc1c(NC(C)=O)c(Cl)nn1C(C)(C)C. The van der Waals surface area contributed by atoms with Crippen molar-refractivity contribution in [3.05, 3.63) is 5.15 Å². The second-order valence-electron chi connectivity index (χ2n) is 4.44. The number of carbonyl (C=O) groups excluding carboxylic acids is 1. The van der Waals surface area contributed by atoms with E-state index >= 15 is 0 Å². The summed E-state index contributed by atoms with van der Waals surface area (Å²) in [4.78, 5) is 11.0. The van der Waals surface area contributed by atoms with Gasteiger partial charge in [0.1, 0.15) is 5.69 Å². The first-order valence-corrected chi connectivity index (χ1v) is 5.25. The number of nitrogens with zero attached hydrogens (tertiary/aromatic N) is 2. The van der Waals surface area contributed by atoms with Crippen LogP contribution in [0.4, 0.5) is 5.69 Å². The third-order valence-electron chi connectivity index (χ3n) is 1.93. The van der Waals surface area contributed by atoms with Gasteiger partial charge in [0.15, 0.2) is 5.15 Å². The average Bonchev–Trinajstić information content (AvgIpc) is 2.42. The fourth-order valence-electron chi connectivity index (χ4n) is 1.30. The molecule has 16 heavy (non-hydrogen) atoms. The average molecular weight is 246 g/mol. The fourth-order valence-corrected chi connectivity index (χ4v) is 1.51. The van der Waals surface area contributed by atoms with Crippen molar-refractivity contribution >= 4 is 23.2 Å². The second-order valence-corrected chi connectivity index (χ2v) is 4.80. The highest BCUT2D eigenvalue weighted by Crippen LogP contribution is 2.35. The van der Waals surface area contributed by atoms with Crippen LogP contribution in [0.5, 0.6) is 5.88 Å². The Labute approximate surface area is 99.7 Å². The van der Waals surface area contributed by atoms with E-state index in [-0.39, 0.29) is 16.6 Å². The molecule has 0 atom stereocenters. The largest absolute Gasteiger partial charge is 0.480 e. The zero-order valence-electron chi connectivity index (χ0n) is 10.1. The molecule has 1 aromatic rings. The van der Waals surface area contributed by atoms with Crippen molar-refractivity contribution in [1.29, 1.82) is 0 Å². The van der Waals surface area contributed by atoms with Crippen LogP contribution in [0.2, 0.25) is 5.15 Å². The third kappa shape index (κ3) is 2.47. The van der Waals surface area contributed by atoms with Crippen LogP contribution in [0.1, 0.15) is 27.7 Å². The smallest absolute Gasteiger partial charge is 0.238 e. The molecule has 90 valence electrons. The van der Waals surface area contributed by atoms with Crippen LogP contribution in [0.25, 0.3) is 0 Å². The van der Waals surface area contributed by atoms with Gasteiger partial charge in [-0.3, -0.25) is 4.79 Å². The molecule has 0 radical (unpaired) electrons. The van der Waals surface area contributed by atoms with Gasteiger partial charge in [0.2, 0.25) is 11.8 Å². The summed E-state index contributed by atoms with van der Waals surface area (Å²) in [5.41, 5.74) is 0.137. The molecule has 0 saturated heterocycles. The van der Waals surface area contributed by atoms with Gasteiger partial charge in [-0.2, -0.15) is 5.10 Å². The summed E-state index contributed by atoms with van der Waals surface area (Å²) in [6.45, 7) is 7.31. The number of nitrogens with one attached hydrogen (secondary N) is 1. The van der Waals surface area contributed by atoms with Crippen LogP contribution in [-0.2, 0) is 10.3 Å². The van der Waals surface area contributed by atoms with E-state index in [1.54, 1.807) is 4.68 Å². The Morgan fingerprint density at radius 3 is 2.44 bits per heavy atom. The number of hydrogen-bond acceptors (Lipinski definition) is 3. The zero-order chi connectivity index (χ0) is 12.5. The standard InChI is InChI=1S/C10H16ClN3O2/c1-6(15)12-7-8(11)13-14(9(7)16-5)10(2,3)4/h1-5H3,(H,12,15). The minimum absolute atomic E-state index is 0.214. The lowest BCUT2D eigenvalue weighted by Gasteiger charge is -2.21. The number of aromatic nitrogens is 2. The van der Waals surface area contributed by atoms with Crippen LogP contribution < -0.4 is 10.1 Å². The number of halogens is 1. The van der Waals surface area contributed by atoms with Gasteiger partial charge >= 0.3 is 0 Å². The Bertz CT molecular complexity index is 407. The summed E-state index contributed by atoms with van der Waals surface area (Å²) in [5.74, 6) is 0.237. The molecule has 5 nitrogen and oxygen atoms in total. The number of amides is 1. The topological polar surface area (TPSA) is 56.1 Å². The molecule has 0 spiro atoms. The summed E-state index contributed by atoms with van der Waals surface area (Å²) in [6, 6.07) is 0. The maximum atomic E-state index is 11.0. The number of carbonyl (C=O) groups is 1. The molecule has 1 amide bonds. The van der Waals surface area contributed by atoms with Gasteiger partial charge < -0.3 is 10.1 Å². The van der Waals surface area contributed by atoms with E-state index in [9.17, 15) is 4.79 Å². The lowest BCUT2D eigenvalue weighted by Crippen LogP contribution is -2.24. The molecule has 0 aliphatic carbocycles.